The monoisotopic (exact) mass is 578 g/mol. The molecule has 0 aliphatic carbocycles. The van der Waals surface area contributed by atoms with Crippen LogP contribution in [0, 0.1) is 0 Å². The van der Waals surface area contributed by atoms with Gasteiger partial charge in [-0.2, -0.15) is 0 Å². The zero-order valence-electron chi connectivity index (χ0n) is 21.5. The molecule has 1 aromatic heterocycles. The molecule has 2 aliphatic heterocycles. The zero-order valence-corrected chi connectivity index (χ0v) is 21.5. The Kier molecular flexibility index (Phi) is 8.20. The normalized spacial score (nSPS) is 34.0. The van der Waals surface area contributed by atoms with Gasteiger partial charge in [-0.3, -0.25) is 4.79 Å². The van der Waals surface area contributed by atoms with E-state index in [2.05, 4.69) is 0 Å². The molecular formula is C27H30O14. The van der Waals surface area contributed by atoms with Crippen LogP contribution < -0.4 is 10.2 Å². The first-order valence-electron chi connectivity index (χ1n) is 12.7. The predicted molar refractivity (Wildman–Crippen MR) is 137 cm³/mol. The summed E-state index contributed by atoms with van der Waals surface area (Å²) in [6.45, 7) is 0.969. The quantitative estimate of drug-likeness (QED) is 0.174. The van der Waals surface area contributed by atoms with Gasteiger partial charge in [0.25, 0.3) is 0 Å². The van der Waals surface area contributed by atoms with Crippen molar-refractivity contribution in [3.05, 3.63) is 52.7 Å². The van der Waals surface area contributed by atoms with Crippen molar-refractivity contribution in [2.75, 3.05) is 6.61 Å². The van der Waals surface area contributed by atoms with E-state index in [-0.39, 0.29) is 28.2 Å². The first kappa shape index (κ1) is 29.2. The van der Waals surface area contributed by atoms with Crippen LogP contribution in [0.3, 0.4) is 0 Å². The minimum absolute atomic E-state index is 0.0145. The molecule has 8 N–H and O–H groups in total. The zero-order chi connectivity index (χ0) is 29.6. The molecule has 0 amide bonds. The van der Waals surface area contributed by atoms with Crippen LogP contribution >= 0.6 is 0 Å². The molecule has 222 valence electrons. The summed E-state index contributed by atoms with van der Waals surface area (Å²) in [4.78, 5) is 12.7. The highest BCUT2D eigenvalue weighted by molar-refractivity contribution is 5.86. The molecule has 0 saturated carbocycles. The fraction of sp³-hybridized carbons (Fsp3) is 0.444. The van der Waals surface area contributed by atoms with Crippen molar-refractivity contribution in [3.8, 4) is 28.6 Å². The molecule has 14 heteroatoms. The second-order valence-electron chi connectivity index (χ2n) is 9.98. The van der Waals surface area contributed by atoms with Crippen LogP contribution in [0.15, 0.2) is 51.7 Å². The molecule has 14 nitrogen and oxygen atoms in total. The molecule has 2 fully saturated rings. The lowest BCUT2D eigenvalue weighted by Gasteiger charge is -2.42. The maximum atomic E-state index is 12.7. The molecule has 0 radical (unpaired) electrons. The first-order valence-corrected chi connectivity index (χ1v) is 12.7. The van der Waals surface area contributed by atoms with E-state index in [1.807, 2.05) is 0 Å². The van der Waals surface area contributed by atoms with Crippen molar-refractivity contribution >= 4 is 11.0 Å². The van der Waals surface area contributed by atoms with Crippen LogP contribution in [0.4, 0.5) is 0 Å². The Morgan fingerprint density at radius 2 is 1.44 bits per heavy atom. The Labute approximate surface area is 231 Å². The van der Waals surface area contributed by atoms with Crippen molar-refractivity contribution < 1.29 is 64.2 Å². The number of ether oxygens (including phenoxy) is 4. The molecule has 10 atom stereocenters. The summed E-state index contributed by atoms with van der Waals surface area (Å²) in [5.41, 5.74) is -0.149. The third-order valence-electron chi connectivity index (χ3n) is 7.09. The lowest BCUT2D eigenvalue weighted by molar-refractivity contribution is -0.318. The third-order valence-corrected chi connectivity index (χ3v) is 7.09. The van der Waals surface area contributed by atoms with Gasteiger partial charge in [-0.15, -0.1) is 0 Å². The second kappa shape index (κ2) is 11.5. The molecule has 3 heterocycles. The average molecular weight is 579 g/mol. The van der Waals surface area contributed by atoms with Crippen molar-refractivity contribution in [1.29, 1.82) is 0 Å². The molecule has 5 rings (SSSR count). The number of hydrogen-bond donors (Lipinski definition) is 8. The lowest BCUT2D eigenvalue weighted by atomic mass is 9.98. The smallest absolute Gasteiger partial charge is 0.229 e. The molecule has 2 saturated heterocycles. The maximum Gasteiger partial charge on any atom is 0.229 e. The van der Waals surface area contributed by atoms with E-state index >= 15 is 0 Å². The summed E-state index contributed by atoms with van der Waals surface area (Å²) in [5.74, 6) is -0.457. The molecule has 0 unspecified atom stereocenters. The minimum Gasteiger partial charge on any atom is -0.508 e. The Bertz CT molecular complexity index is 1420. The molecule has 0 spiro atoms. The van der Waals surface area contributed by atoms with Crippen molar-refractivity contribution in [2.45, 2.75) is 68.3 Å². The number of hydrogen-bond acceptors (Lipinski definition) is 14. The van der Waals surface area contributed by atoms with Gasteiger partial charge >= 0.3 is 0 Å². The largest absolute Gasteiger partial charge is 0.508 e. The van der Waals surface area contributed by atoms with Crippen LogP contribution in [0.2, 0.25) is 0 Å². The Morgan fingerprint density at radius 1 is 0.780 bits per heavy atom. The van der Waals surface area contributed by atoms with Gasteiger partial charge in [0.05, 0.1) is 12.7 Å². The van der Waals surface area contributed by atoms with Crippen molar-refractivity contribution in [2.24, 2.45) is 0 Å². The van der Waals surface area contributed by atoms with Crippen molar-refractivity contribution in [1.82, 2.24) is 0 Å². The number of phenolic OH excluding ortho intramolecular Hbond substituents is 2. The second-order valence-corrected chi connectivity index (χ2v) is 9.98. The fourth-order valence-electron chi connectivity index (χ4n) is 4.71. The molecule has 2 aliphatic rings. The summed E-state index contributed by atoms with van der Waals surface area (Å²) in [6.07, 6.45) is -14.9. The number of aliphatic hydroxyl groups is 6. The highest BCUT2D eigenvalue weighted by atomic mass is 16.7. The minimum atomic E-state index is -1.76. The highest BCUT2D eigenvalue weighted by Crippen LogP contribution is 2.34. The summed E-state index contributed by atoms with van der Waals surface area (Å²) < 4.78 is 27.9. The van der Waals surface area contributed by atoms with Gasteiger partial charge in [0, 0.05) is 23.8 Å². The van der Waals surface area contributed by atoms with E-state index in [0.717, 1.165) is 6.07 Å². The van der Waals surface area contributed by atoms with Gasteiger partial charge in [0.2, 0.25) is 6.29 Å². The van der Waals surface area contributed by atoms with Crippen molar-refractivity contribution in [3.63, 3.8) is 0 Å². The number of rotatable bonds is 6. The van der Waals surface area contributed by atoms with E-state index in [1.54, 1.807) is 0 Å². The van der Waals surface area contributed by atoms with Gasteiger partial charge in [0.15, 0.2) is 11.7 Å². The first-order chi connectivity index (χ1) is 19.4. The van der Waals surface area contributed by atoms with Crippen LogP contribution in [-0.2, 0) is 14.2 Å². The number of aromatic hydroxyl groups is 2. The van der Waals surface area contributed by atoms with Crippen LogP contribution in [-0.4, -0.2) is 109 Å². The average Bonchev–Trinajstić information content (AvgIpc) is 2.94. The Balaban J connectivity index is 1.35. The topological polar surface area (TPSA) is 229 Å². The summed E-state index contributed by atoms with van der Waals surface area (Å²) >= 11 is 0. The summed E-state index contributed by atoms with van der Waals surface area (Å²) in [5, 5.41) is 81.2. The van der Waals surface area contributed by atoms with E-state index in [1.165, 1.54) is 43.3 Å². The van der Waals surface area contributed by atoms with E-state index in [0.29, 0.717) is 5.56 Å². The van der Waals surface area contributed by atoms with Gasteiger partial charge in [-0.05, 0) is 31.2 Å². The van der Waals surface area contributed by atoms with Crippen LogP contribution in [0.1, 0.15) is 6.92 Å². The fourth-order valence-corrected chi connectivity index (χ4v) is 4.71. The maximum absolute atomic E-state index is 12.7. The third kappa shape index (κ3) is 5.74. The van der Waals surface area contributed by atoms with E-state index < -0.39 is 79.2 Å². The molecule has 41 heavy (non-hydrogen) atoms. The highest BCUT2D eigenvalue weighted by Gasteiger charge is 2.47. The standard InChI is InChI=1S/C27H30O14/c1-10-20(31)22(33)24(35)26(38-10)37-9-18-21(32)23(34)25(36)27(41-18)39-13-6-14(29)19-15(30)8-16(40-17(19)7-13)11-2-4-12(28)5-3-11/h2-8,10,18,20-29,31-36H,9H2,1H3/t10-,18-,20-,21-,22+,23+,24+,25-,26+,27-/m0/s1. The summed E-state index contributed by atoms with van der Waals surface area (Å²) in [7, 11) is 0. The van der Waals surface area contributed by atoms with Gasteiger partial charge in [-0.1, -0.05) is 0 Å². The lowest BCUT2D eigenvalue weighted by Crippen LogP contribution is -2.61. The number of benzene rings is 2. The predicted octanol–water partition coefficient (Wildman–Crippen LogP) is -1.10. The molecule has 2 aromatic carbocycles. The number of phenols is 2. The van der Waals surface area contributed by atoms with Gasteiger partial charge in [-0.25, -0.2) is 0 Å². The summed E-state index contributed by atoms with van der Waals surface area (Å²) in [6, 6.07) is 9.40. The van der Waals surface area contributed by atoms with Gasteiger partial charge < -0.3 is 64.2 Å². The van der Waals surface area contributed by atoms with E-state index in [4.69, 9.17) is 23.4 Å². The Hall–Kier alpha value is -3.31. The molecule has 0 bridgehead atoms. The molecular weight excluding hydrogens is 548 g/mol. The number of aliphatic hydroxyl groups excluding tert-OH is 6. The Morgan fingerprint density at radius 3 is 2.15 bits per heavy atom. The SMILES string of the molecule is C[C@@H]1O[C@@H](OC[C@@H]2O[C@H](Oc3cc(O)c4c(=O)cc(-c5ccc(O)cc5)oc4c3)[C@@H](O)[C@H](O)[C@H]2O)[C@H](O)[C@H](O)[C@H]1O. The number of fused-ring (bicyclic) bond motifs is 1. The van der Waals surface area contributed by atoms with Crippen LogP contribution in [0.25, 0.3) is 22.3 Å². The van der Waals surface area contributed by atoms with Crippen LogP contribution in [0.5, 0.6) is 17.2 Å². The van der Waals surface area contributed by atoms with E-state index in [9.17, 15) is 45.6 Å². The van der Waals surface area contributed by atoms with Gasteiger partial charge in [0.1, 0.15) is 76.7 Å². The molecule has 3 aromatic rings.